The van der Waals surface area contributed by atoms with Crippen LogP contribution in [0.5, 0.6) is 0 Å². The first kappa shape index (κ1) is 14.8. The molecule has 1 aromatic heterocycles. The average molecular weight is 367 g/mol. The molecule has 1 aliphatic rings. The zero-order valence-corrected chi connectivity index (χ0v) is 14.0. The van der Waals surface area contributed by atoms with Crippen molar-refractivity contribution in [3.05, 3.63) is 50.8 Å². The highest BCUT2D eigenvalue weighted by atomic mass is 79.9. The molecule has 0 bridgehead atoms. The number of nitrogens with zero attached hydrogens (tertiary/aromatic N) is 2. The molecule has 3 rings (SSSR count). The van der Waals surface area contributed by atoms with Crippen molar-refractivity contribution in [2.45, 2.75) is 38.0 Å². The molecule has 3 nitrogen and oxygen atoms in total. The van der Waals surface area contributed by atoms with E-state index in [1.165, 1.54) is 25.7 Å². The van der Waals surface area contributed by atoms with Crippen molar-refractivity contribution in [2.24, 2.45) is 0 Å². The third-order valence-corrected chi connectivity index (χ3v) is 5.18. The Balaban J connectivity index is 1.94. The van der Waals surface area contributed by atoms with E-state index in [9.17, 15) is 0 Å². The van der Waals surface area contributed by atoms with Crippen LogP contribution >= 0.6 is 27.5 Å². The summed E-state index contributed by atoms with van der Waals surface area (Å²) in [5.41, 5.74) is 8.13. The maximum Gasteiger partial charge on any atom is 0.141 e. The van der Waals surface area contributed by atoms with Gasteiger partial charge in [0.25, 0.3) is 0 Å². The van der Waals surface area contributed by atoms with Crippen molar-refractivity contribution in [3.63, 3.8) is 0 Å². The van der Waals surface area contributed by atoms with E-state index >= 15 is 0 Å². The number of aromatic nitrogens is 2. The van der Waals surface area contributed by atoms with Crippen LogP contribution in [0.2, 0.25) is 5.02 Å². The number of hydrogen-bond donors (Lipinski definition) is 1. The molecular formula is C16H17BrClN3. The number of nitrogen functional groups attached to an aromatic ring is 1. The van der Waals surface area contributed by atoms with Crippen molar-refractivity contribution >= 4 is 33.3 Å². The molecule has 2 aromatic rings. The minimum Gasteiger partial charge on any atom is -0.383 e. The highest BCUT2D eigenvalue weighted by molar-refractivity contribution is 9.10. The maximum atomic E-state index is 6.22. The molecule has 1 heterocycles. The Hall–Kier alpha value is -1.13. The zero-order valence-electron chi connectivity index (χ0n) is 11.6. The van der Waals surface area contributed by atoms with Crippen LogP contribution in [0.4, 0.5) is 5.82 Å². The highest BCUT2D eigenvalue weighted by Crippen LogP contribution is 2.38. The van der Waals surface area contributed by atoms with Crippen LogP contribution in [-0.2, 0) is 6.42 Å². The molecule has 0 unspecified atom stereocenters. The Morgan fingerprint density at radius 1 is 1.19 bits per heavy atom. The first-order valence-corrected chi connectivity index (χ1v) is 8.37. The fraction of sp³-hybridized carbons (Fsp3) is 0.375. The molecule has 1 fully saturated rings. The summed E-state index contributed by atoms with van der Waals surface area (Å²) in [6.45, 7) is 0. The van der Waals surface area contributed by atoms with Crippen LogP contribution in [0.15, 0.2) is 28.7 Å². The van der Waals surface area contributed by atoms with E-state index in [1.54, 1.807) is 0 Å². The minimum atomic E-state index is 0.495. The number of hydrogen-bond acceptors (Lipinski definition) is 3. The van der Waals surface area contributed by atoms with Crippen molar-refractivity contribution in [2.75, 3.05) is 5.73 Å². The van der Waals surface area contributed by atoms with Gasteiger partial charge in [0.2, 0.25) is 0 Å². The zero-order chi connectivity index (χ0) is 14.8. The first-order chi connectivity index (χ1) is 10.1. The van der Waals surface area contributed by atoms with Crippen LogP contribution in [-0.4, -0.2) is 9.97 Å². The van der Waals surface area contributed by atoms with Gasteiger partial charge in [-0.05, 0) is 40.4 Å². The van der Waals surface area contributed by atoms with Crippen molar-refractivity contribution in [1.29, 1.82) is 0 Å². The maximum absolute atomic E-state index is 6.22. The lowest BCUT2D eigenvalue weighted by Gasteiger charge is -2.14. The fourth-order valence-corrected chi connectivity index (χ4v) is 3.60. The first-order valence-electron chi connectivity index (χ1n) is 7.20. The van der Waals surface area contributed by atoms with Crippen molar-refractivity contribution < 1.29 is 0 Å². The normalized spacial score (nSPS) is 15.5. The van der Waals surface area contributed by atoms with E-state index in [1.807, 2.05) is 24.3 Å². The van der Waals surface area contributed by atoms with Gasteiger partial charge < -0.3 is 5.73 Å². The largest absolute Gasteiger partial charge is 0.383 e. The Bertz CT molecular complexity index is 654. The van der Waals surface area contributed by atoms with Gasteiger partial charge in [-0.2, -0.15) is 0 Å². The van der Waals surface area contributed by atoms with Gasteiger partial charge in [-0.25, -0.2) is 9.97 Å². The Kier molecular flexibility index (Phi) is 4.45. The SMILES string of the molecule is Nc1nc(Cc2ccccc2Cl)nc(C2CCCC2)c1Br. The summed E-state index contributed by atoms with van der Waals surface area (Å²) in [6, 6.07) is 7.78. The highest BCUT2D eigenvalue weighted by Gasteiger charge is 2.23. The molecular weight excluding hydrogens is 350 g/mol. The van der Waals surface area contributed by atoms with E-state index < -0.39 is 0 Å². The number of nitrogens with two attached hydrogens (primary N) is 1. The minimum absolute atomic E-state index is 0.495. The molecule has 0 saturated heterocycles. The van der Waals surface area contributed by atoms with Gasteiger partial charge in [0.15, 0.2) is 0 Å². The van der Waals surface area contributed by atoms with Gasteiger partial charge in [-0.3, -0.25) is 0 Å². The Morgan fingerprint density at radius 3 is 2.62 bits per heavy atom. The number of halogens is 2. The molecule has 1 aromatic carbocycles. The molecule has 1 saturated carbocycles. The monoisotopic (exact) mass is 365 g/mol. The second-order valence-electron chi connectivity index (χ2n) is 5.47. The summed E-state index contributed by atoms with van der Waals surface area (Å²) in [6.07, 6.45) is 5.50. The third-order valence-electron chi connectivity index (χ3n) is 4.00. The second-order valence-corrected chi connectivity index (χ2v) is 6.67. The summed E-state index contributed by atoms with van der Waals surface area (Å²) < 4.78 is 0.859. The topological polar surface area (TPSA) is 51.8 Å². The summed E-state index contributed by atoms with van der Waals surface area (Å²) in [7, 11) is 0. The summed E-state index contributed by atoms with van der Waals surface area (Å²) >= 11 is 9.76. The molecule has 0 radical (unpaired) electrons. The van der Waals surface area contributed by atoms with E-state index in [0.29, 0.717) is 18.2 Å². The van der Waals surface area contributed by atoms with Crippen molar-refractivity contribution in [1.82, 2.24) is 9.97 Å². The molecule has 21 heavy (non-hydrogen) atoms. The number of benzene rings is 1. The smallest absolute Gasteiger partial charge is 0.141 e. The molecule has 1 aliphatic carbocycles. The quantitative estimate of drug-likeness (QED) is 0.855. The lowest BCUT2D eigenvalue weighted by Crippen LogP contribution is -2.08. The average Bonchev–Trinajstić information content (AvgIpc) is 2.99. The number of anilines is 1. The summed E-state index contributed by atoms with van der Waals surface area (Å²) in [5, 5.41) is 0.741. The van der Waals surface area contributed by atoms with Gasteiger partial charge in [0, 0.05) is 17.4 Å². The van der Waals surface area contributed by atoms with Gasteiger partial charge in [0.1, 0.15) is 11.6 Å². The fourth-order valence-electron chi connectivity index (χ4n) is 2.89. The molecule has 0 atom stereocenters. The molecule has 0 amide bonds. The Labute approximate surface area is 138 Å². The lowest BCUT2D eigenvalue weighted by molar-refractivity contribution is 0.682. The van der Waals surface area contributed by atoms with Crippen LogP contribution in [0.25, 0.3) is 0 Å². The van der Waals surface area contributed by atoms with E-state index in [0.717, 1.165) is 26.6 Å². The van der Waals surface area contributed by atoms with Crippen molar-refractivity contribution in [3.8, 4) is 0 Å². The Morgan fingerprint density at radius 2 is 1.90 bits per heavy atom. The van der Waals surface area contributed by atoms with Crippen LogP contribution in [0.1, 0.15) is 48.7 Å². The van der Waals surface area contributed by atoms with Crippen LogP contribution in [0.3, 0.4) is 0 Å². The molecule has 0 spiro atoms. The predicted octanol–water partition coefficient (Wildman–Crippen LogP) is 4.72. The van der Waals surface area contributed by atoms with Crippen LogP contribution < -0.4 is 5.73 Å². The van der Waals surface area contributed by atoms with E-state index in [4.69, 9.17) is 22.3 Å². The standard InChI is InChI=1S/C16H17BrClN3/c17-14-15(10-5-1-2-6-10)20-13(21-16(14)19)9-11-7-3-4-8-12(11)18/h3-4,7-8,10H,1-2,5-6,9H2,(H2,19,20,21). The molecule has 0 aliphatic heterocycles. The second kappa shape index (κ2) is 6.32. The van der Waals surface area contributed by atoms with Gasteiger partial charge in [0.05, 0.1) is 10.2 Å². The van der Waals surface area contributed by atoms with Crippen LogP contribution in [0, 0.1) is 0 Å². The van der Waals surface area contributed by atoms with E-state index in [2.05, 4.69) is 20.9 Å². The third kappa shape index (κ3) is 3.22. The predicted molar refractivity (Wildman–Crippen MR) is 89.6 cm³/mol. The summed E-state index contributed by atoms with van der Waals surface area (Å²) in [5.74, 6) is 1.76. The lowest BCUT2D eigenvalue weighted by atomic mass is 10.0. The number of rotatable bonds is 3. The molecule has 5 heteroatoms. The van der Waals surface area contributed by atoms with Gasteiger partial charge in [-0.1, -0.05) is 42.6 Å². The van der Waals surface area contributed by atoms with Gasteiger partial charge in [-0.15, -0.1) is 0 Å². The van der Waals surface area contributed by atoms with Gasteiger partial charge >= 0.3 is 0 Å². The summed E-state index contributed by atoms with van der Waals surface area (Å²) in [4.78, 5) is 9.16. The van der Waals surface area contributed by atoms with E-state index in [-0.39, 0.29) is 0 Å². The molecule has 2 N–H and O–H groups in total. The molecule has 110 valence electrons.